The number of aromatic amines is 1. The zero-order valence-corrected chi connectivity index (χ0v) is 14.1. The molecule has 2 heterocycles. The van der Waals surface area contributed by atoms with Gasteiger partial charge in [-0.15, -0.1) is 0 Å². The lowest BCUT2D eigenvalue weighted by Gasteiger charge is -2.18. The molecular weight excluding hydrogens is 322 g/mol. The third-order valence-electron chi connectivity index (χ3n) is 3.90. The summed E-state index contributed by atoms with van der Waals surface area (Å²) in [6.07, 6.45) is -0.906. The van der Waals surface area contributed by atoms with Crippen molar-refractivity contribution in [2.45, 2.75) is 13.0 Å². The van der Waals surface area contributed by atoms with Crippen molar-refractivity contribution in [3.8, 4) is 0 Å². The van der Waals surface area contributed by atoms with E-state index in [0.717, 1.165) is 4.31 Å². The third-order valence-corrected chi connectivity index (χ3v) is 5.86. The van der Waals surface area contributed by atoms with E-state index in [1.165, 1.54) is 25.1 Å². The van der Waals surface area contributed by atoms with Gasteiger partial charge >= 0.3 is 0 Å². The lowest BCUT2D eigenvalue weighted by atomic mass is 10.1. The Morgan fingerprint density at radius 3 is 2.61 bits per heavy atom. The second-order valence-electron chi connectivity index (χ2n) is 6.01. The molecule has 1 amide bonds. The Morgan fingerprint density at radius 1 is 1.39 bits per heavy atom. The number of aryl methyl sites for hydroxylation is 1. The molecule has 8 nitrogen and oxygen atoms in total. The highest BCUT2D eigenvalue weighted by Gasteiger charge is 2.37. The summed E-state index contributed by atoms with van der Waals surface area (Å²) < 4.78 is 25.0. The first-order valence-electron chi connectivity index (χ1n) is 7.18. The van der Waals surface area contributed by atoms with Crippen LogP contribution in [0.5, 0.6) is 0 Å². The summed E-state index contributed by atoms with van der Waals surface area (Å²) in [6, 6.07) is 2.76. The molecule has 1 aromatic heterocycles. The van der Waals surface area contributed by atoms with Crippen molar-refractivity contribution < 1.29 is 18.3 Å². The first-order valence-corrected chi connectivity index (χ1v) is 8.79. The highest BCUT2D eigenvalue weighted by molar-refractivity contribution is 7.89. The monoisotopic (exact) mass is 343 g/mol. The molecule has 1 fully saturated rings. The summed E-state index contributed by atoms with van der Waals surface area (Å²) in [4.78, 5) is 27.8. The summed E-state index contributed by atoms with van der Waals surface area (Å²) in [6.45, 7) is 1.86. The maximum Gasteiger partial charge on any atom is 0.254 e. The molecule has 1 aromatic rings. The molecule has 1 aliphatic rings. The molecule has 9 heteroatoms. The Bertz CT molecular complexity index is 756. The quantitative estimate of drug-likeness (QED) is 0.729. The molecule has 0 aromatic carbocycles. The zero-order valence-electron chi connectivity index (χ0n) is 13.3. The molecule has 0 aliphatic carbocycles. The molecule has 1 aliphatic heterocycles. The number of nitrogens with zero attached hydrogens (tertiary/aromatic N) is 2. The van der Waals surface area contributed by atoms with Gasteiger partial charge in [-0.1, -0.05) is 0 Å². The summed E-state index contributed by atoms with van der Waals surface area (Å²) in [5, 5.41) is 10.1. The Hall–Kier alpha value is -1.71. The molecule has 0 saturated carbocycles. The number of sulfonamides is 1. The van der Waals surface area contributed by atoms with E-state index < -0.39 is 22.0 Å². The van der Waals surface area contributed by atoms with Crippen molar-refractivity contribution in [3.63, 3.8) is 0 Å². The Labute approximate surface area is 134 Å². The van der Waals surface area contributed by atoms with E-state index in [9.17, 15) is 23.1 Å². The number of hydrogen-bond acceptors (Lipinski definition) is 5. The number of aromatic nitrogens is 1. The zero-order chi connectivity index (χ0) is 17.4. The van der Waals surface area contributed by atoms with Crippen LogP contribution in [0.25, 0.3) is 0 Å². The van der Waals surface area contributed by atoms with Crippen LogP contribution in [0.2, 0.25) is 0 Å². The molecule has 128 valence electrons. The number of amides is 1. The number of rotatable bonds is 4. The van der Waals surface area contributed by atoms with Crippen LogP contribution >= 0.6 is 0 Å². The van der Waals surface area contributed by atoms with Crippen LogP contribution in [-0.4, -0.2) is 72.7 Å². The minimum atomic E-state index is -3.46. The standard InChI is InChI=1S/C14H21N3O5S/c1-9-4-10(5-13(19)15-9)14(20)17-6-11(12(18)7-17)8-23(21,22)16(2)3/h4-5,11-12,18H,6-8H2,1-3H3,(H,15,19)/t11-,12-/m0/s1. The summed E-state index contributed by atoms with van der Waals surface area (Å²) in [7, 11) is -0.603. The Kier molecular flexibility index (Phi) is 4.92. The van der Waals surface area contributed by atoms with E-state index >= 15 is 0 Å². The SMILES string of the molecule is Cc1cc(C(=O)N2C[C@@H](CS(=O)(=O)N(C)C)[C@@H](O)C2)cc(=O)[nH]1. The fourth-order valence-electron chi connectivity index (χ4n) is 2.59. The summed E-state index contributed by atoms with van der Waals surface area (Å²) in [5.74, 6) is -1.16. The van der Waals surface area contributed by atoms with Gasteiger partial charge in [-0.3, -0.25) is 9.59 Å². The van der Waals surface area contributed by atoms with Crippen molar-refractivity contribution >= 4 is 15.9 Å². The van der Waals surface area contributed by atoms with Gasteiger partial charge in [0.25, 0.3) is 5.91 Å². The van der Waals surface area contributed by atoms with E-state index in [2.05, 4.69) is 4.98 Å². The van der Waals surface area contributed by atoms with Crippen LogP contribution < -0.4 is 5.56 Å². The molecule has 0 spiro atoms. The average molecular weight is 343 g/mol. The summed E-state index contributed by atoms with van der Waals surface area (Å²) in [5.41, 5.74) is 0.418. The van der Waals surface area contributed by atoms with E-state index in [4.69, 9.17) is 0 Å². The van der Waals surface area contributed by atoms with Crippen molar-refractivity contribution in [2.75, 3.05) is 32.9 Å². The number of aliphatic hydroxyl groups is 1. The van der Waals surface area contributed by atoms with Gasteiger partial charge in [-0.2, -0.15) is 0 Å². The fourth-order valence-corrected chi connectivity index (χ4v) is 3.76. The molecule has 0 unspecified atom stereocenters. The molecule has 2 rings (SSSR count). The number of H-pyrrole nitrogens is 1. The smallest absolute Gasteiger partial charge is 0.254 e. The topological polar surface area (TPSA) is 111 Å². The van der Waals surface area contributed by atoms with E-state index in [0.29, 0.717) is 5.69 Å². The largest absolute Gasteiger partial charge is 0.391 e. The lowest BCUT2D eigenvalue weighted by Crippen LogP contribution is -2.33. The highest BCUT2D eigenvalue weighted by atomic mass is 32.2. The van der Waals surface area contributed by atoms with Gasteiger partial charge in [-0.05, 0) is 13.0 Å². The normalized spacial score (nSPS) is 21.9. The number of carbonyl (C=O) groups excluding carboxylic acids is 1. The van der Waals surface area contributed by atoms with Crippen LogP contribution in [0.3, 0.4) is 0 Å². The van der Waals surface area contributed by atoms with Gasteiger partial charge in [0.05, 0.1) is 11.9 Å². The van der Waals surface area contributed by atoms with Crippen LogP contribution in [0, 0.1) is 12.8 Å². The Morgan fingerprint density at radius 2 is 2.04 bits per heavy atom. The van der Waals surface area contributed by atoms with E-state index in [-0.39, 0.29) is 35.9 Å². The molecule has 0 bridgehead atoms. The molecule has 1 saturated heterocycles. The fraction of sp³-hybridized carbons (Fsp3) is 0.571. The van der Waals surface area contributed by atoms with Gasteiger partial charge in [0, 0.05) is 50.4 Å². The number of hydrogen-bond donors (Lipinski definition) is 2. The van der Waals surface area contributed by atoms with Crippen molar-refractivity contribution in [1.82, 2.24) is 14.2 Å². The second kappa shape index (κ2) is 6.42. The molecule has 2 atom stereocenters. The predicted molar refractivity (Wildman–Crippen MR) is 84.7 cm³/mol. The van der Waals surface area contributed by atoms with Gasteiger partial charge in [0.1, 0.15) is 0 Å². The van der Waals surface area contributed by atoms with Crippen LogP contribution in [-0.2, 0) is 10.0 Å². The van der Waals surface area contributed by atoms with Crippen LogP contribution in [0.1, 0.15) is 16.1 Å². The van der Waals surface area contributed by atoms with Crippen LogP contribution in [0.15, 0.2) is 16.9 Å². The molecule has 0 radical (unpaired) electrons. The molecule has 23 heavy (non-hydrogen) atoms. The lowest BCUT2D eigenvalue weighted by molar-refractivity contribution is 0.0764. The van der Waals surface area contributed by atoms with Crippen molar-refractivity contribution in [3.05, 3.63) is 33.7 Å². The van der Waals surface area contributed by atoms with Gasteiger partial charge < -0.3 is 15.0 Å². The average Bonchev–Trinajstić information content (AvgIpc) is 2.77. The van der Waals surface area contributed by atoms with Crippen molar-refractivity contribution in [2.24, 2.45) is 5.92 Å². The Balaban J connectivity index is 2.14. The number of pyridine rings is 1. The highest BCUT2D eigenvalue weighted by Crippen LogP contribution is 2.21. The second-order valence-corrected chi connectivity index (χ2v) is 8.24. The minimum absolute atomic E-state index is 0.0539. The number of aliphatic hydroxyl groups excluding tert-OH is 1. The van der Waals surface area contributed by atoms with Gasteiger partial charge in [0.2, 0.25) is 15.6 Å². The van der Waals surface area contributed by atoms with E-state index in [1.54, 1.807) is 13.0 Å². The van der Waals surface area contributed by atoms with Gasteiger partial charge in [0.15, 0.2) is 0 Å². The maximum atomic E-state index is 12.4. The van der Waals surface area contributed by atoms with E-state index in [1.807, 2.05) is 0 Å². The predicted octanol–water partition coefficient (Wildman–Crippen LogP) is -0.992. The first-order chi connectivity index (χ1) is 10.6. The molecule has 2 N–H and O–H groups in total. The first kappa shape index (κ1) is 17.6. The summed E-state index contributed by atoms with van der Waals surface area (Å²) >= 11 is 0. The number of carbonyl (C=O) groups is 1. The third kappa shape index (κ3) is 3.98. The minimum Gasteiger partial charge on any atom is -0.391 e. The van der Waals surface area contributed by atoms with Crippen LogP contribution in [0.4, 0.5) is 0 Å². The maximum absolute atomic E-state index is 12.4. The van der Waals surface area contributed by atoms with Gasteiger partial charge in [-0.25, -0.2) is 12.7 Å². The number of β-amino-alcohol motifs (C(OH)–C–C–N with tert-alkyl or cyclic N) is 1. The molecular formula is C14H21N3O5S. The number of nitrogens with one attached hydrogen (secondary N) is 1. The number of likely N-dealkylation sites (tertiary alicyclic amines) is 1. The van der Waals surface area contributed by atoms with Crippen molar-refractivity contribution in [1.29, 1.82) is 0 Å².